The normalized spacial score (nSPS) is 11.9. The number of hydrogen-bond donors (Lipinski definition) is 1. The van der Waals surface area contributed by atoms with Crippen molar-refractivity contribution in [1.29, 1.82) is 0 Å². The molecule has 1 aromatic rings. The molecule has 1 rings (SSSR count). The van der Waals surface area contributed by atoms with Crippen molar-refractivity contribution in [2.45, 2.75) is 32.2 Å². The maximum Gasteiger partial charge on any atom is 0.0498 e. The van der Waals surface area contributed by atoms with Crippen LogP contribution in [0.5, 0.6) is 0 Å². The molecule has 0 atom stereocenters. The Labute approximate surface area is 72.2 Å². The molecule has 0 aliphatic carbocycles. The van der Waals surface area contributed by atoms with Crippen LogP contribution in [0.2, 0.25) is 0 Å². The molecule has 0 unspecified atom stereocenters. The van der Waals surface area contributed by atoms with Gasteiger partial charge in [0.2, 0.25) is 0 Å². The highest BCUT2D eigenvalue weighted by Gasteiger charge is 2.23. The predicted molar refractivity (Wildman–Crippen MR) is 50.8 cm³/mol. The minimum absolute atomic E-state index is 0.0752. The van der Waals surface area contributed by atoms with Crippen molar-refractivity contribution in [2.75, 3.05) is 0 Å². The second-order valence-corrected chi connectivity index (χ2v) is 3.79. The Morgan fingerprint density at radius 3 is 2.45 bits per heavy atom. The lowest BCUT2D eigenvalue weighted by molar-refractivity contribution is 0.421. The van der Waals surface area contributed by atoms with E-state index in [-0.39, 0.29) is 5.54 Å². The van der Waals surface area contributed by atoms with E-state index in [1.165, 1.54) is 4.88 Å². The Balaban J connectivity index is 2.87. The van der Waals surface area contributed by atoms with Gasteiger partial charge in [0.1, 0.15) is 0 Å². The summed E-state index contributed by atoms with van der Waals surface area (Å²) >= 11 is 1.75. The first-order valence-electron chi connectivity index (χ1n) is 4.06. The van der Waals surface area contributed by atoms with E-state index in [0.717, 1.165) is 12.8 Å². The van der Waals surface area contributed by atoms with E-state index in [9.17, 15) is 0 Å². The molecule has 1 aromatic heterocycles. The quantitative estimate of drug-likeness (QED) is 0.739. The highest BCUT2D eigenvalue weighted by molar-refractivity contribution is 7.10. The summed E-state index contributed by atoms with van der Waals surface area (Å²) in [6.45, 7) is 4.28. The molecule has 0 spiro atoms. The molecule has 0 amide bonds. The minimum Gasteiger partial charge on any atom is -0.321 e. The molecule has 2 N–H and O–H groups in total. The van der Waals surface area contributed by atoms with Gasteiger partial charge < -0.3 is 5.73 Å². The third kappa shape index (κ3) is 1.63. The zero-order valence-corrected chi connectivity index (χ0v) is 7.95. The zero-order chi connectivity index (χ0) is 8.32. The van der Waals surface area contributed by atoms with Gasteiger partial charge in [-0.25, -0.2) is 0 Å². The Morgan fingerprint density at radius 2 is 2.09 bits per heavy atom. The van der Waals surface area contributed by atoms with Crippen molar-refractivity contribution < 1.29 is 0 Å². The largest absolute Gasteiger partial charge is 0.321 e. The molecular formula is C9H15NS. The molecule has 0 fully saturated rings. The van der Waals surface area contributed by atoms with Crippen LogP contribution in [0.25, 0.3) is 0 Å². The molecule has 0 aliphatic heterocycles. The average molecular weight is 169 g/mol. The fraction of sp³-hybridized carbons (Fsp3) is 0.556. The summed E-state index contributed by atoms with van der Waals surface area (Å²) in [7, 11) is 0. The van der Waals surface area contributed by atoms with Crippen LogP contribution in [0.1, 0.15) is 31.6 Å². The van der Waals surface area contributed by atoms with E-state index < -0.39 is 0 Å². The van der Waals surface area contributed by atoms with Crippen LogP contribution in [-0.4, -0.2) is 0 Å². The van der Waals surface area contributed by atoms with Gasteiger partial charge >= 0.3 is 0 Å². The third-order valence-corrected chi connectivity index (χ3v) is 3.36. The average Bonchev–Trinajstić information content (AvgIpc) is 2.55. The van der Waals surface area contributed by atoms with Crippen molar-refractivity contribution in [3.63, 3.8) is 0 Å². The van der Waals surface area contributed by atoms with Gasteiger partial charge in [0, 0.05) is 10.4 Å². The van der Waals surface area contributed by atoms with Gasteiger partial charge in [-0.1, -0.05) is 19.9 Å². The molecule has 0 bridgehead atoms. The molecule has 1 nitrogen and oxygen atoms in total. The Morgan fingerprint density at radius 1 is 1.45 bits per heavy atom. The Hall–Kier alpha value is -0.340. The fourth-order valence-electron chi connectivity index (χ4n) is 1.16. The van der Waals surface area contributed by atoms with Crippen LogP contribution in [-0.2, 0) is 5.54 Å². The van der Waals surface area contributed by atoms with Gasteiger partial charge in [0.15, 0.2) is 0 Å². The summed E-state index contributed by atoms with van der Waals surface area (Å²) in [4.78, 5) is 1.31. The van der Waals surface area contributed by atoms with Crippen LogP contribution < -0.4 is 5.73 Å². The lowest BCUT2D eigenvalue weighted by Gasteiger charge is -2.24. The fourth-order valence-corrected chi connectivity index (χ4v) is 2.14. The van der Waals surface area contributed by atoms with Gasteiger partial charge in [-0.05, 0) is 24.3 Å². The summed E-state index contributed by atoms with van der Waals surface area (Å²) < 4.78 is 0. The number of hydrogen-bond acceptors (Lipinski definition) is 2. The van der Waals surface area contributed by atoms with Gasteiger partial charge in [0.05, 0.1) is 0 Å². The molecule has 2 heteroatoms. The van der Waals surface area contributed by atoms with E-state index in [2.05, 4.69) is 31.4 Å². The molecule has 62 valence electrons. The molecule has 0 saturated carbocycles. The van der Waals surface area contributed by atoms with Gasteiger partial charge in [-0.3, -0.25) is 0 Å². The SMILES string of the molecule is CCC(N)(CC)c1cccs1. The second kappa shape index (κ2) is 3.37. The highest BCUT2D eigenvalue weighted by atomic mass is 32.1. The van der Waals surface area contributed by atoms with Crippen molar-refractivity contribution in [3.8, 4) is 0 Å². The van der Waals surface area contributed by atoms with Crippen molar-refractivity contribution in [3.05, 3.63) is 22.4 Å². The first kappa shape index (κ1) is 8.75. The molecule has 0 aromatic carbocycles. The number of nitrogens with two attached hydrogens (primary N) is 1. The highest BCUT2D eigenvalue weighted by Crippen LogP contribution is 2.28. The molecular weight excluding hydrogens is 154 g/mol. The lowest BCUT2D eigenvalue weighted by atomic mass is 9.93. The Bertz CT molecular complexity index is 199. The number of rotatable bonds is 3. The predicted octanol–water partition coefficient (Wildman–Crippen LogP) is 2.72. The summed E-state index contributed by atoms with van der Waals surface area (Å²) in [5, 5.41) is 2.09. The zero-order valence-electron chi connectivity index (χ0n) is 7.13. The van der Waals surface area contributed by atoms with Crippen LogP contribution in [0, 0.1) is 0 Å². The van der Waals surface area contributed by atoms with E-state index in [0.29, 0.717) is 0 Å². The molecule has 1 heterocycles. The van der Waals surface area contributed by atoms with Crippen LogP contribution in [0.4, 0.5) is 0 Å². The van der Waals surface area contributed by atoms with E-state index in [1.807, 2.05) is 0 Å². The lowest BCUT2D eigenvalue weighted by Crippen LogP contribution is -2.33. The van der Waals surface area contributed by atoms with Crippen molar-refractivity contribution in [2.24, 2.45) is 5.73 Å². The van der Waals surface area contributed by atoms with E-state index in [1.54, 1.807) is 11.3 Å². The van der Waals surface area contributed by atoms with Crippen molar-refractivity contribution in [1.82, 2.24) is 0 Å². The Kier molecular flexibility index (Phi) is 2.68. The van der Waals surface area contributed by atoms with Gasteiger partial charge in [-0.2, -0.15) is 0 Å². The van der Waals surface area contributed by atoms with Crippen LogP contribution >= 0.6 is 11.3 Å². The molecule has 0 radical (unpaired) electrons. The van der Waals surface area contributed by atoms with E-state index in [4.69, 9.17) is 5.73 Å². The first-order valence-corrected chi connectivity index (χ1v) is 4.93. The third-order valence-electron chi connectivity index (χ3n) is 2.27. The van der Waals surface area contributed by atoms with Crippen LogP contribution in [0.15, 0.2) is 17.5 Å². The molecule has 0 saturated heterocycles. The monoisotopic (exact) mass is 169 g/mol. The van der Waals surface area contributed by atoms with Crippen LogP contribution in [0.3, 0.4) is 0 Å². The van der Waals surface area contributed by atoms with Gasteiger partial charge in [0.25, 0.3) is 0 Å². The first-order chi connectivity index (χ1) is 5.23. The smallest absolute Gasteiger partial charge is 0.0498 e. The minimum atomic E-state index is -0.0752. The van der Waals surface area contributed by atoms with Crippen molar-refractivity contribution >= 4 is 11.3 Å². The van der Waals surface area contributed by atoms with E-state index >= 15 is 0 Å². The standard InChI is InChI=1S/C9H15NS/c1-3-9(10,4-2)8-6-5-7-11-8/h5-7H,3-4,10H2,1-2H3. The maximum atomic E-state index is 6.17. The summed E-state index contributed by atoms with van der Waals surface area (Å²) in [5.41, 5.74) is 6.10. The second-order valence-electron chi connectivity index (χ2n) is 2.84. The molecule has 11 heavy (non-hydrogen) atoms. The van der Waals surface area contributed by atoms with Gasteiger partial charge in [-0.15, -0.1) is 11.3 Å². The number of thiophene rings is 1. The summed E-state index contributed by atoms with van der Waals surface area (Å²) in [6, 6.07) is 4.19. The topological polar surface area (TPSA) is 26.0 Å². The molecule has 0 aliphatic rings. The maximum absolute atomic E-state index is 6.17. The summed E-state index contributed by atoms with van der Waals surface area (Å²) in [6.07, 6.45) is 2.04. The summed E-state index contributed by atoms with van der Waals surface area (Å²) in [5.74, 6) is 0.